The van der Waals surface area contributed by atoms with Crippen molar-refractivity contribution in [3.05, 3.63) is 101 Å². The predicted molar refractivity (Wildman–Crippen MR) is 170 cm³/mol. The highest BCUT2D eigenvalue weighted by Gasteiger charge is 2.57. The third-order valence-corrected chi connectivity index (χ3v) is 8.33. The molecule has 0 saturated heterocycles. The maximum Gasteiger partial charge on any atom is 0.424 e. The fourth-order valence-electron chi connectivity index (χ4n) is 5.57. The molecule has 1 aliphatic heterocycles. The summed E-state index contributed by atoms with van der Waals surface area (Å²) < 4.78 is 64.0. The fraction of sp³-hybridized carbons (Fsp3) is 0.235. The number of primary amides is 1. The van der Waals surface area contributed by atoms with Crippen LogP contribution in [0.1, 0.15) is 39.9 Å². The first kappa shape index (κ1) is 33.2. The van der Waals surface area contributed by atoms with Gasteiger partial charge in [-0.25, -0.2) is 19.3 Å². The van der Waals surface area contributed by atoms with Gasteiger partial charge in [0, 0.05) is 39.7 Å². The van der Waals surface area contributed by atoms with E-state index < -0.39 is 47.1 Å². The molecule has 5 N–H and O–H groups in total. The molecule has 11 nitrogen and oxygen atoms in total. The van der Waals surface area contributed by atoms with Crippen LogP contribution in [-0.2, 0) is 15.8 Å². The van der Waals surface area contributed by atoms with Crippen LogP contribution in [0.4, 0.5) is 29.2 Å². The van der Waals surface area contributed by atoms with Crippen LogP contribution in [0.5, 0.6) is 5.75 Å². The molecule has 3 aromatic heterocycles. The van der Waals surface area contributed by atoms with Crippen molar-refractivity contribution in [1.82, 2.24) is 25.3 Å². The van der Waals surface area contributed by atoms with Gasteiger partial charge in [-0.15, -0.1) is 0 Å². The van der Waals surface area contributed by atoms with Gasteiger partial charge in [-0.05, 0) is 75.4 Å². The van der Waals surface area contributed by atoms with Gasteiger partial charge in [-0.2, -0.15) is 13.2 Å². The Kier molecular flexibility index (Phi) is 8.18. The number of carbonyl (C=O) groups is 2. The van der Waals surface area contributed by atoms with Gasteiger partial charge in [-0.1, -0.05) is 6.07 Å². The first-order chi connectivity index (χ1) is 23.1. The Morgan fingerprint density at radius 3 is 2.37 bits per heavy atom. The van der Waals surface area contributed by atoms with Crippen molar-refractivity contribution in [2.75, 3.05) is 18.5 Å². The number of hydrogen-bond donors (Lipinski definition) is 4. The Morgan fingerprint density at radius 2 is 1.71 bits per heavy atom. The van der Waals surface area contributed by atoms with E-state index in [0.29, 0.717) is 28.0 Å². The summed E-state index contributed by atoms with van der Waals surface area (Å²) in [6, 6.07) is 13.5. The van der Waals surface area contributed by atoms with Gasteiger partial charge in [0.2, 0.25) is 17.5 Å². The van der Waals surface area contributed by atoms with Gasteiger partial charge in [-0.3, -0.25) is 14.6 Å². The number of fused-ring (bicyclic) bond motifs is 2. The maximum absolute atomic E-state index is 14.9. The summed E-state index contributed by atoms with van der Waals surface area (Å²) in [6.07, 6.45) is -3.85. The van der Waals surface area contributed by atoms with Crippen molar-refractivity contribution in [2.45, 2.75) is 38.0 Å². The van der Waals surface area contributed by atoms with E-state index in [2.05, 4.69) is 30.6 Å². The molecular weight excluding hydrogens is 646 g/mol. The lowest BCUT2D eigenvalue weighted by atomic mass is 9.81. The second-order valence-electron chi connectivity index (χ2n) is 12.0. The van der Waals surface area contributed by atoms with E-state index in [-0.39, 0.29) is 40.7 Å². The number of aryl methyl sites for hydroxylation is 2. The van der Waals surface area contributed by atoms with Crippen molar-refractivity contribution in [3.8, 4) is 17.0 Å². The fourth-order valence-corrected chi connectivity index (χ4v) is 5.57. The van der Waals surface area contributed by atoms with Gasteiger partial charge in [0.1, 0.15) is 29.3 Å². The number of nitrogens with one attached hydrogen (secondary N) is 2. The van der Waals surface area contributed by atoms with Gasteiger partial charge >= 0.3 is 6.18 Å². The second kappa shape index (κ2) is 12.1. The molecule has 0 fully saturated rings. The van der Waals surface area contributed by atoms with E-state index >= 15 is 0 Å². The number of aromatic nitrogens is 4. The zero-order valence-corrected chi connectivity index (χ0v) is 26.3. The number of amides is 2. The SMILES string of the molecule is Cc1cc(C)nc(Nc2cc(C(=O)NCC(O)(c3cc4c(c(-c5ccc(F)cc5)n3)OC[C@]4(C)C(N)=O)C(F)(F)F)cc3cccnc23)n1. The van der Waals surface area contributed by atoms with E-state index in [4.69, 9.17) is 10.5 Å². The van der Waals surface area contributed by atoms with Crippen LogP contribution in [0, 0.1) is 19.7 Å². The van der Waals surface area contributed by atoms with Crippen molar-refractivity contribution in [2.24, 2.45) is 5.73 Å². The molecule has 0 radical (unpaired) electrons. The molecule has 1 aliphatic rings. The Balaban J connectivity index is 1.39. The highest BCUT2D eigenvalue weighted by Crippen LogP contribution is 2.47. The predicted octanol–water partition coefficient (Wildman–Crippen LogP) is 4.90. The monoisotopic (exact) mass is 675 g/mol. The van der Waals surface area contributed by atoms with Crippen LogP contribution >= 0.6 is 0 Å². The molecule has 15 heteroatoms. The highest BCUT2D eigenvalue weighted by molar-refractivity contribution is 6.02. The molecule has 0 aliphatic carbocycles. The van der Waals surface area contributed by atoms with Crippen LogP contribution < -0.4 is 21.1 Å². The van der Waals surface area contributed by atoms with E-state index in [1.54, 1.807) is 32.0 Å². The maximum atomic E-state index is 14.9. The molecule has 0 saturated carbocycles. The summed E-state index contributed by atoms with van der Waals surface area (Å²) in [4.78, 5) is 43.2. The number of hydrogen-bond acceptors (Lipinski definition) is 9. The van der Waals surface area contributed by atoms with Crippen LogP contribution in [0.25, 0.3) is 22.2 Å². The lowest BCUT2D eigenvalue weighted by Gasteiger charge is -2.31. The summed E-state index contributed by atoms with van der Waals surface area (Å²) in [6.45, 7) is 3.27. The van der Waals surface area contributed by atoms with E-state index in [0.717, 1.165) is 18.2 Å². The number of nitrogens with two attached hydrogens (primary N) is 1. The lowest BCUT2D eigenvalue weighted by Crippen LogP contribution is -2.51. The average Bonchev–Trinajstić information content (AvgIpc) is 3.40. The zero-order valence-electron chi connectivity index (χ0n) is 26.3. The number of nitrogens with zero attached hydrogens (tertiary/aromatic N) is 4. The molecule has 49 heavy (non-hydrogen) atoms. The quantitative estimate of drug-likeness (QED) is 0.167. The number of aliphatic hydroxyl groups is 1. The normalized spacial score (nSPS) is 16.8. The number of carbonyl (C=O) groups excluding carboxylic acids is 2. The van der Waals surface area contributed by atoms with E-state index in [1.807, 2.05) is 0 Å². The Bertz CT molecular complexity index is 2110. The summed E-state index contributed by atoms with van der Waals surface area (Å²) >= 11 is 0. The number of rotatable bonds is 8. The van der Waals surface area contributed by atoms with Crippen LogP contribution in [0.15, 0.2) is 66.9 Å². The zero-order chi connectivity index (χ0) is 35.3. The van der Waals surface area contributed by atoms with Gasteiger partial charge in [0.05, 0.1) is 23.4 Å². The van der Waals surface area contributed by atoms with Crippen molar-refractivity contribution in [3.63, 3.8) is 0 Å². The molecule has 2 aromatic carbocycles. The Morgan fingerprint density at radius 1 is 1.02 bits per heavy atom. The Labute approximate surface area is 276 Å². The average molecular weight is 676 g/mol. The molecule has 252 valence electrons. The van der Waals surface area contributed by atoms with E-state index in [1.165, 1.54) is 37.4 Å². The molecule has 5 aromatic rings. The first-order valence-corrected chi connectivity index (χ1v) is 14.9. The van der Waals surface area contributed by atoms with Crippen LogP contribution in [-0.4, -0.2) is 56.2 Å². The number of halogens is 4. The summed E-state index contributed by atoms with van der Waals surface area (Å²) in [7, 11) is 0. The number of pyridine rings is 2. The standard InChI is InChI=1S/C34H29F4N7O4/c1-17-11-18(2)43-31(42-17)44-24-13-21(12-20-5-4-10-40-26(20)24)29(46)41-15-33(48,34(36,37)38)25-14-23-28(49-16-32(23,3)30(39)47)27(45-25)19-6-8-22(35)9-7-19/h4-14,48H,15-16H2,1-3H3,(H2,39,47)(H,41,46)(H,42,43,44)/t32-,33?/m0/s1. The van der Waals surface area contributed by atoms with Crippen molar-refractivity contribution < 1.29 is 37.0 Å². The lowest BCUT2D eigenvalue weighted by molar-refractivity contribution is -0.265. The number of benzene rings is 2. The van der Waals surface area contributed by atoms with Crippen molar-refractivity contribution in [1.29, 1.82) is 0 Å². The Hall–Kier alpha value is -5.70. The minimum atomic E-state index is -5.38. The van der Waals surface area contributed by atoms with Gasteiger partial charge in [0.15, 0.2) is 0 Å². The molecule has 6 rings (SSSR count). The van der Waals surface area contributed by atoms with Crippen LogP contribution in [0.2, 0.25) is 0 Å². The third-order valence-electron chi connectivity index (χ3n) is 8.33. The number of anilines is 2. The topological polar surface area (TPSA) is 165 Å². The highest BCUT2D eigenvalue weighted by atomic mass is 19.4. The summed E-state index contributed by atoms with van der Waals surface area (Å²) in [5, 5.41) is 17.1. The molecule has 1 unspecified atom stereocenters. The summed E-state index contributed by atoms with van der Waals surface area (Å²) in [5.41, 5.74) is 1.33. The molecule has 0 spiro atoms. The van der Waals surface area contributed by atoms with Crippen LogP contribution in [0.3, 0.4) is 0 Å². The summed E-state index contributed by atoms with van der Waals surface area (Å²) in [5.74, 6) is -2.28. The largest absolute Gasteiger partial charge is 0.489 e. The molecule has 4 heterocycles. The molecule has 0 bridgehead atoms. The van der Waals surface area contributed by atoms with E-state index in [9.17, 15) is 32.3 Å². The molecule has 2 amide bonds. The van der Waals surface area contributed by atoms with Gasteiger partial charge in [0.25, 0.3) is 5.91 Å². The molecule has 2 atom stereocenters. The second-order valence-corrected chi connectivity index (χ2v) is 12.0. The third kappa shape index (κ3) is 6.08. The van der Waals surface area contributed by atoms with Crippen molar-refractivity contribution >= 4 is 34.4 Å². The minimum absolute atomic E-state index is 0.0391. The number of ether oxygens (including phenoxy) is 1. The smallest absolute Gasteiger partial charge is 0.424 e. The first-order valence-electron chi connectivity index (χ1n) is 14.9. The molecular formula is C34H29F4N7O4. The minimum Gasteiger partial charge on any atom is -0.489 e. The number of alkyl halides is 3. The van der Waals surface area contributed by atoms with Gasteiger partial charge < -0.3 is 26.2 Å².